The number of carbonyl (C=O) groups excluding carboxylic acids is 1. The molecule has 1 rings (SSSR count). The Bertz CT molecular complexity index is 162. The van der Waals surface area contributed by atoms with Gasteiger partial charge in [0.25, 0.3) is 0 Å². The van der Waals surface area contributed by atoms with Crippen molar-refractivity contribution in [3.8, 4) is 0 Å². The van der Waals surface area contributed by atoms with Gasteiger partial charge in [0.05, 0.1) is 5.25 Å². The molecule has 1 heterocycles. The van der Waals surface area contributed by atoms with Gasteiger partial charge in [-0.15, -0.1) is 0 Å². The molecule has 1 nitrogen and oxygen atoms in total. The van der Waals surface area contributed by atoms with E-state index < -0.39 is 0 Å². The predicted octanol–water partition coefficient (Wildman–Crippen LogP) is 2.02. The van der Waals surface area contributed by atoms with Crippen LogP contribution in [-0.4, -0.2) is 11.0 Å². The Hall–Kier alpha value is -0.150. The first-order chi connectivity index (χ1) is 4.34. The minimum atomic E-state index is 0.0208. The molecule has 9 heavy (non-hydrogen) atoms. The predicted molar refractivity (Wildman–Crippen MR) is 43.3 cm³/mol. The zero-order valence-electron chi connectivity index (χ0n) is 4.74. The molecule has 0 aromatic rings. The minimum Gasteiger partial charge on any atom is -0.293 e. The first-order valence-electron chi connectivity index (χ1n) is 2.49. The molecule has 1 aliphatic rings. The van der Waals surface area contributed by atoms with Crippen LogP contribution in [-0.2, 0) is 4.79 Å². The van der Waals surface area contributed by atoms with Crippen LogP contribution in [0.4, 0.5) is 0 Å². The van der Waals surface area contributed by atoms with E-state index in [4.69, 9.17) is 0 Å². The van der Waals surface area contributed by atoms with Gasteiger partial charge in [-0.3, -0.25) is 4.79 Å². The van der Waals surface area contributed by atoms with Gasteiger partial charge >= 0.3 is 0 Å². The fourth-order valence-corrected chi connectivity index (χ4v) is 2.55. The molecule has 1 aliphatic heterocycles. The lowest BCUT2D eigenvalue weighted by Gasteiger charge is -1.96. The summed E-state index contributed by atoms with van der Waals surface area (Å²) in [4.78, 5) is 10.8. The molecule has 0 aromatic heterocycles. The summed E-state index contributed by atoms with van der Waals surface area (Å²) in [7, 11) is 3.15. The molecule has 0 bridgehead atoms. The lowest BCUT2D eigenvalue weighted by atomic mass is 10.3. The van der Waals surface area contributed by atoms with Crippen molar-refractivity contribution in [1.29, 1.82) is 0 Å². The van der Waals surface area contributed by atoms with Gasteiger partial charge in [0, 0.05) is 0 Å². The summed E-state index contributed by atoms with van der Waals surface area (Å²) < 4.78 is 0. The van der Waals surface area contributed by atoms with E-state index in [0.29, 0.717) is 0 Å². The van der Waals surface area contributed by atoms with Crippen LogP contribution >= 0.6 is 21.6 Å². The maximum atomic E-state index is 10.8. The van der Waals surface area contributed by atoms with Crippen LogP contribution in [0.2, 0.25) is 0 Å². The van der Waals surface area contributed by atoms with Crippen LogP contribution in [0.25, 0.3) is 0 Å². The summed E-state index contributed by atoms with van der Waals surface area (Å²) in [5.74, 6) is 0.0984. The number of hydrogen-bond donors (Lipinski definition) is 0. The van der Waals surface area contributed by atoms with Gasteiger partial charge in [0.15, 0.2) is 5.78 Å². The van der Waals surface area contributed by atoms with Gasteiger partial charge in [-0.1, -0.05) is 34.2 Å². The zero-order chi connectivity index (χ0) is 6.69. The lowest BCUT2D eigenvalue weighted by Crippen LogP contribution is -2.07. The third kappa shape index (κ3) is 1.63. The molecule has 0 radical (unpaired) electrons. The molecule has 0 amide bonds. The molecule has 0 spiro atoms. The maximum Gasteiger partial charge on any atom is 0.172 e. The van der Waals surface area contributed by atoms with Crippen molar-refractivity contribution in [2.45, 2.75) is 5.25 Å². The molecular formula is C6H6OS2. The van der Waals surface area contributed by atoms with Crippen molar-refractivity contribution in [2.75, 3.05) is 0 Å². The van der Waals surface area contributed by atoms with Gasteiger partial charge in [0.1, 0.15) is 0 Å². The average molecular weight is 158 g/mol. The molecule has 0 aromatic carbocycles. The Morgan fingerprint density at radius 3 is 3.00 bits per heavy atom. The van der Waals surface area contributed by atoms with Gasteiger partial charge in [-0.25, -0.2) is 0 Å². The number of allylic oxidation sites excluding steroid dienone is 1. The maximum absolute atomic E-state index is 10.8. The second-order valence-electron chi connectivity index (χ2n) is 1.55. The van der Waals surface area contributed by atoms with E-state index >= 15 is 0 Å². The molecule has 0 N–H and O–H groups in total. The third-order valence-electron chi connectivity index (χ3n) is 0.950. The summed E-state index contributed by atoms with van der Waals surface area (Å²) in [6, 6.07) is 0. The average Bonchev–Trinajstić information content (AvgIpc) is 2.37. The highest BCUT2D eigenvalue weighted by Crippen LogP contribution is 2.35. The molecule has 3 heteroatoms. The summed E-state index contributed by atoms with van der Waals surface area (Å²) >= 11 is 0. The smallest absolute Gasteiger partial charge is 0.172 e. The summed E-state index contributed by atoms with van der Waals surface area (Å²) in [5.41, 5.74) is 0. The van der Waals surface area contributed by atoms with Crippen molar-refractivity contribution < 1.29 is 4.79 Å². The quantitative estimate of drug-likeness (QED) is 0.452. The topological polar surface area (TPSA) is 17.1 Å². The van der Waals surface area contributed by atoms with E-state index in [9.17, 15) is 4.79 Å². The first-order valence-corrected chi connectivity index (χ1v) is 4.77. The molecular weight excluding hydrogens is 152 g/mol. The van der Waals surface area contributed by atoms with Gasteiger partial charge in [0.2, 0.25) is 0 Å². The van der Waals surface area contributed by atoms with E-state index in [1.807, 2.05) is 11.5 Å². The second kappa shape index (κ2) is 3.13. The Morgan fingerprint density at radius 1 is 1.78 bits per heavy atom. The monoisotopic (exact) mass is 158 g/mol. The SMILES string of the molecule is C=CC(=O)C1C=CSS1. The lowest BCUT2D eigenvalue weighted by molar-refractivity contribution is -0.113. The molecule has 0 fully saturated rings. The minimum absolute atomic E-state index is 0.0208. The summed E-state index contributed by atoms with van der Waals surface area (Å²) in [5, 5.41) is 1.95. The highest BCUT2D eigenvalue weighted by molar-refractivity contribution is 8.78. The Morgan fingerprint density at radius 2 is 2.56 bits per heavy atom. The van der Waals surface area contributed by atoms with Crippen molar-refractivity contribution in [2.24, 2.45) is 0 Å². The van der Waals surface area contributed by atoms with Gasteiger partial charge < -0.3 is 0 Å². The zero-order valence-corrected chi connectivity index (χ0v) is 6.37. The molecule has 0 saturated heterocycles. The van der Waals surface area contributed by atoms with Gasteiger partial charge in [-0.05, 0) is 11.5 Å². The van der Waals surface area contributed by atoms with E-state index in [-0.39, 0.29) is 11.0 Å². The van der Waals surface area contributed by atoms with Crippen LogP contribution < -0.4 is 0 Å². The number of rotatable bonds is 2. The highest BCUT2D eigenvalue weighted by Gasteiger charge is 2.15. The molecule has 48 valence electrons. The normalized spacial score (nSPS) is 24.2. The van der Waals surface area contributed by atoms with E-state index in [1.54, 1.807) is 21.6 Å². The van der Waals surface area contributed by atoms with Crippen molar-refractivity contribution >= 4 is 27.4 Å². The number of hydrogen-bond acceptors (Lipinski definition) is 3. The van der Waals surface area contributed by atoms with Gasteiger partial charge in [-0.2, -0.15) is 0 Å². The fraction of sp³-hybridized carbons (Fsp3) is 0.167. The Balaban J connectivity index is 2.52. The van der Waals surface area contributed by atoms with Crippen molar-refractivity contribution in [1.82, 2.24) is 0 Å². The van der Waals surface area contributed by atoms with Crippen LogP contribution in [0.15, 0.2) is 24.1 Å². The largest absolute Gasteiger partial charge is 0.293 e. The van der Waals surface area contributed by atoms with E-state index in [1.165, 1.54) is 6.08 Å². The van der Waals surface area contributed by atoms with Crippen LogP contribution in [0.5, 0.6) is 0 Å². The molecule has 1 unspecified atom stereocenters. The molecule has 0 saturated carbocycles. The Kier molecular flexibility index (Phi) is 2.42. The number of carbonyl (C=O) groups is 1. The van der Waals surface area contributed by atoms with Crippen molar-refractivity contribution in [3.05, 3.63) is 24.1 Å². The second-order valence-corrected chi connectivity index (χ2v) is 3.87. The fourth-order valence-electron chi connectivity index (χ4n) is 0.486. The third-order valence-corrected chi connectivity index (χ3v) is 3.21. The van der Waals surface area contributed by atoms with Crippen LogP contribution in [0.3, 0.4) is 0 Å². The summed E-state index contributed by atoms with van der Waals surface area (Å²) in [6.07, 6.45) is 3.26. The van der Waals surface area contributed by atoms with E-state index in [2.05, 4.69) is 6.58 Å². The van der Waals surface area contributed by atoms with Crippen LogP contribution in [0.1, 0.15) is 0 Å². The summed E-state index contributed by atoms with van der Waals surface area (Å²) in [6.45, 7) is 3.40. The van der Waals surface area contributed by atoms with E-state index in [0.717, 1.165) is 0 Å². The molecule has 0 aliphatic carbocycles. The number of ketones is 1. The Labute approximate surface area is 62.0 Å². The molecule has 1 atom stereocenters. The van der Waals surface area contributed by atoms with Crippen LogP contribution in [0, 0.1) is 0 Å². The first kappa shape index (κ1) is 6.96. The highest BCUT2D eigenvalue weighted by atomic mass is 33.1. The van der Waals surface area contributed by atoms with Crippen molar-refractivity contribution in [3.63, 3.8) is 0 Å². The standard InChI is InChI=1S/C6H6OS2/c1-2-5(7)6-3-4-8-9-6/h2-4,6H,1H2.